The summed E-state index contributed by atoms with van der Waals surface area (Å²) in [5, 5.41) is 11.1. The third-order valence-electron chi connectivity index (χ3n) is 6.12. The minimum absolute atomic E-state index is 0.123. The van der Waals surface area contributed by atoms with E-state index in [0.717, 1.165) is 31.5 Å². The summed E-state index contributed by atoms with van der Waals surface area (Å²) in [6.07, 6.45) is 5.21. The quantitative estimate of drug-likeness (QED) is 0.467. The van der Waals surface area contributed by atoms with Crippen molar-refractivity contribution in [2.45, 2.75) is 25.8 Å². The second-order valence-electron chi connectivity index (χ2n) is 8.50. The molecular formula is C25H29N5O3S. The van der Waals surface area contributed by atoms with E-state index in [1.165, 1.54) is 17.8 Å². The second-order valence-corrected chi connectivity index (χ2v) is 9.38. The highest BCUT2D eigenvalue weighted by Crippen LogP contribution is 2.33. The summed E-state index contributed by atoms with van der Waals surface area (Å²) in [7, 11) is 1.71. The fourth-order valence-corrected chi connectivity index (χ4v) is 5.14. The first-order chi connectivity index (χ1) is 16.6. The summed E-state index contributed by atoms with van der Waals surface area (Å²) < 4.78 is 5.38. The lowest BCUT2D eigenvalue weighted by molar-refractivity contribution is 0.0304. The Balaban J connectivity index is 1.61. The number of thiophene rings is 1. The van der Waals surface area contributed by atoms with Gasteiger partial charge in [-0.2, -0.15) is 5.26 Å². The number of benzene rings is 1. The number of rotatable bonds is 6. The van der Waals surface area contributed by atoms with Crippen LogP contribution in [0.15, 0.2) is 34.6 Å². The Kier molecular flexibility index (Phi) is 7.93. The number of likely N-dealkylation sites (tertiary alicyclic amines) is 1. The summed E-state index contributed by atoms with van der Waals surface area (Å²) in [6, 6.07) is 9.43. The van der Waals surface area contributed by atoms with E-state index >= 15 is 0 Å². The Hall–Kier alpha value is -3.22. The van der Waals surface area contributed by atoms with Crippen LogP contribution in [0.3, 0.4) is 0 Å². The Morgan fingerprint density at radius 3 is 2.65 bits per heavy atom. The zero-order valence-electron chi connectivity index (χ0n) is 19.4. The van der Waals surface area contributed by atoms with Gasteiger partial charge in [0.1, 0.15) is 10.6 Å². The molecule has 1 aromatic heterocycles. The molecule has 1 aromatic carbocycles. The van der Waals surface area contributed by atoms with Crippen molar-refractivity contribution < 1.29 is 14.3 Å². The van der Waals surface area contributed by atoms with Crippen LogP contribution in [0.5, 0.6) is 0 Å². The van der Waals surface area contributed by atoms with Gasteiger partial charge in [0.2, 0.25) is 0 Å². The Morgan fingerprint density at radius 2 is 1.91 bits per heavy atom. The van der Waals surface area contributed by atoms with Gasteiger partial charge in [-0.05, 0) is 30.9 Å². The molecule has 2 fully saturated rings. The van der Waals surface area contributed by atoms with Crippen LogP contribution in [-0.2, 0) is 11.3 Å². The number of amides is 2. The molecule has 2 aromatic rings. The molecule has 8 nitrogen and oxygen atoms in total. The van der Waals surface area contributed by atoms with Crippen molar-refractivity contribution in [3.05, 3.63) is 51.2 Å². The van der Waals surface area contributed by atoms with Crippen LogP contribution < -0.4 is 0 Å². The predicted octanol–water partition coefficient (Wildman–Crippen LogP) is 3.51. The zero-order valence-corrected chi connectivity index (χ0v) is 20.2. The molecule has 34 heavy (non-hydrogen) atoms. The predicted molar refractivity (Wildman–Crippen MR) is 132 cm³/mol. The van der Waals surface area contributed by atoms with Gasteiger partial charge in [-0.25, -0.2) is 4.99 Å². The van der Waals surface area contributed by atoms with Crippen molar-refractivity contribution in [3.63, 3.8) is 0 Å². The average molecular weight is 480 g/mol. The van der Waals surface area contributed by atoms with E-state index in [1.54, 1.807) is 40.7 Å². The average Bonchev–Trinajstić information content (AvgIpc) is 3.31. The standard InChI is InChI=1S/C25H29N5O3S/c1-28(16-20-8-4-3-7-19(20)15-26)25(32)23-22(27-18-29-9-5-2-6-10-29)21(17-34-23)24(31)30-11-13-33-14-12-30/h3-4,7-8,17-18H,2,5-6,9-14,16H2,1H3. The van der Waals surface area contributed by atoms with Crippen LogP contribution in [0.2, 0.25) is 0 Å². The number of hydrogen-bond acceptors (Lipinski definition) is 6. The summed E-state index contributed by atoms with van der Waals surface area (Å²) in [4.78, 5) is 37.3. The van der Waals surface area contributed by atoms with Gasteiger partial charge < -0.3 is 19.4 Å². The van der Waals surface area contributed by atoms with Gasteiger partial charge in [0.15, 0.2) is 0 Å². The van der Waals surface area contributed by atoms with Crippen LogP contribution in [0.1, 0.15) is 50.4 Å². The number of piperidine rings is 1. The van der Waals surface area contributed by atoms with E-state index in [9.17, 15) is 14.9 Å². The maximum atomic E-state index is 13.5. The van der Waals surface area contributed by atoms with Gasteiger partial charge in [-0.3, -0.25) is 9.59 Å². The monoisotopic (exact) mass is 479 g/mol. The fourth-order valence-electron chi connectivity index (χ4n) is 4.16. The van der Waals surface area contributed by atoms with E-state index in [0.29, 0.717) is 54.5 Å². The zero-order chi connectivity index (χ0) is 23.9. The van der Waals surface area contributed by atoms with Crippen molar-refractivity contribution in [3.8, 4) is 6.07 Å². The van der Waals surface area contributed by atoms with Gasteiger partial charge >= 0.3 is 0 Å². The number of aliphatic imine (C=N–C) groups is 1. The van der Waals surface area contributed by atoms with Crippen molar-refractivity contribution in [1.82, 2.24) is 14.7 Å². The Labute approximate surface area is 204 Å². The summed E-state index contributed by atoms with van der Waals surface area (Å²) in [6.45, 7) is 4.21. The lowest BCUT2D eigenvalue weighted by atomic mass is 10.1. The molecule has 0 saturated carbocycles. The summed E-state index contributed by atoms with van der Waals surface area (Å²) in [5.74, 6) is -0.341. The van der Waals surface area contributed by atoms with Crippen LogP contribution in [0.25, 0.3) is 0 Å². The number of ether oxygens (including phenoxy) is 1. The molecule has 0 atom stereocenters. The minimum atomic E-state index is -0.218. The molecule has 2 aliphatic heterocycles. The van der Waals surface area contributed by atoms with Gasteiger partial charge in [-0.15, -0.1) is 11.3 Å². The van der Waals surface area contributed by atoms with Crippen LogP contribution in [-0.4, -0.2) is 79.3 Å². The lowest BCUT2D eigenvalue weighted by Gasteiger charge is -2.27. The lowest BCUT2D eigenvalue weighted by Crippen LogP contribution is -2.40. The molecule has 0 unspecified atom stereocenters. The Morgan fingerprint density at radius 1 is 1.18 bits per heavy atom. The highest BCUT2D eigenvalue weighted by molar-refractivity contribution is 7.13. The molecule has 9 heteroatoms. The molecule has 0 N–H and O–H groups in total. The van der Waals surface area contributed by atoms with Gasteiger partial charge in [0, 0.05) is 45.2 Å². The largest absolute Gasteiger partial charge is 0.378 e. The molecule has 2 saturated heterocycles. The van der Waals surface area contributed by atoms with Crippen LogP contribution in [0.4, 0.5) is 5.69 Å². The van der Waals surface area contributed by atoms with Crippen LogP contribution >= 0.6 is 11.3 Å². The first-order valence-electron chi connectivity index (χ1n) is 11.6. The second kappa shape index (κ2) is 11.3. The van der Waals surface area contributed by atoms with Gasteiger partial charge in [0.05, 0.1) is 36.7 Å². The number of nitriles is 1. The molecule has 0 bridgehead atoms. The topological polar surface area (TPSA) is 89.2 Å². The van der Waals surface area contributed by atoms with Gasteiger partial charge in [-0.1, -0.05) is 18.2 Å². The number of carbonyl (C=O) groups is 2. The van der Waals surface area contributed by atoms with Crippen molar-refractivity contribution >= 4 is 35.2 Å². The maximum Gasteiger partial charge on any atom is 0.266 e. The third-order valence-corrected chi connectivity index (χ3v) is 7.08. The number of hydrogen-bond donors (Lipinski definition) is 0. The number of nitrogens with zero attached hydrogens (tertiary/aromatic N) is 5. The molecule has 0 spiro atoms. The van der Waals surface area contributed by atoms with E-state index < -0.39 is 0 Å². The number of carbonyl (C=O) groups excluding carboxylic acids is 2. The van der Waals surface area contributed by atoms with E-state index in [2.05, 4.69) is 16.0 Å². The van der Waals surface area contributed by atoms with Gasteiger partial charge in [0.25, 0.3) is 11.8 Å². The molecular weight excluding hydrogens is 450 g/mol. The van der Waals surface area contributed by atoms with E-state index in [1.807, 2.05) is 12.1 Å². The fraction of sp³-hybridized carbons (Fsp3) is 0.440. The van der Waals surface area contributed by atoms with Crippen LogP contribution in [0, 0.1) is 11.3 Å². The smallest absolute Gasteiger partial charge is 0.266 e. The molecule has 0 radical (unpaired) electrons. The molecule has 3 heterocycles. The van der Waals surface area contributed by atoms with Crippen molar-refractivity contribution in [1.29, 1.82) is 5.26 Å². The molecule has 2 aliphatic rings. The maximum absolute atomic E-state index is 13.5. The third kappa shape index (κ3) is 5.46. The highest BCUT2D eigenvalue weighted by atomic mass is 32.1. The summed E-state index contributed by atoms with van der Waals surface area (Å²) in [5.41, 5.74) is 2.20. The molecule has 0 aliphatic carbocycles. The molecule has 178 valence electrons. The summed E-state index contributed by atoms with van der Waals surface area (Å²) >= 11 is 1.24. The minimum Gasteiger partial charge on any atom is -0.378 e. The molecule has 4 rings (SSSR count). The Bertz CT molecular complexity index is 1090. The molecule has 2 amide bonds. The SMILES string of the molecule is CN(Cc1ccccc1C#N)C(=O)c1scc(C(=O)N2CCOCC2)c1N=CN1CCCCC1. The first kappa shape index (κ1) is 23.9. The number of morpholine rings is 1. The van der Waals surface area contributed by atoms with E-state index in [4.69, 9.17) is 4.74 Å². The normalized spacial score (nSPS) is 16.5. The highest BCUT2D eigenvalue weighted by Gasteiger charge is 2.28. The first-order valence-corrected chi connectivity index (χ1v) is 12.5. The van der Waals surface area contributed by atoms with Crippen molar-refractivity contribution in [2.24, 2.45) is 4.99 Å². The van der Waals surface area contributed by atoms with E-state index in [-0.39, 0.29) is 11.8 Å². The van der Waals surface area contributed by atoms with Crippen molar-refractivity contribution in [2.75, 3.05) is 46.4 Å².